The fraction of sp³-hybridized carbons (Fsp3) is 0.583. The summed E-state index contributed by atoms with van der Waals surface area (Å²) in [5, 5.41) is 19.6. The van der Waals surface area contributed by atoms with Gasteiger partial charge in [0.25, 0.3) is 5.69 Å². The van der Waals surface area contributed by atoms with Crippen molar-refractivity contribution in [1.82, 2.24) is 4.98 Å². The van der Waals surface area contributed by atoms with Gasteiger partial charge in [-0.25, -0.2) is 4.98 Å². The van der Waals surface area contributed by atoms with Crippen molar-refractivity contribution in [3.63, 3.8) is 0 Å². The lowest BCUT2D eigenvalue weighted by atomic mass is 9.96. The minimum atomic E-state index is -0.475. The highest BCUT2D eigenvalue weighted by atomic mass is 16.6. The van der Waals surface area contributed by atoms with Crippen molar-refractivity contribution in [2.24, 2.45) is 5.41 Å². The van der Waals surface area contributed by atoms with E-state index in [9.17, 15) is 10.1 Å². The summed E-state index contributed by atoms with van der Waals surface area (Å²) in [5.74, 6) is 0.643. The first-order chi connectivity index (χ1) is 8.33. The molecule has 0 aliphatic carbocycles. The molecule has 0 fully saturated rings. The van der Waals surface area contributed by atoms with E-state index in [-0.39, 0.29) is 17.7 Å². The molecule has 1 rings (SSSR count). The highest BCUT2D eigenvalue weighted by Crippen LogP contribution is 2.21. The Balaban J connectivity index is 2.88. The molecule has 6 heteroatoms. The van der Waals surface area contributed by atoms with Crippen LogP contribution in [0.5, 0.6) is 0 Å². The van der Waals surface area contributed by atoms with E-state index in [0.29, 0.717) is 12.4 Å². The molecule has 0 amide bonds. The summed E-state index contributed by atoms with van der Waals surface area (Å²) >= 11 is 0. The number of aliphatic hydroxyl groups is 1. The Bertz CT molecular complexity index is 398. The average molecular weight is 253 g/mol. The molecule has 0 unspecified atom stereocenters. The SMILES string of the molecule is CC(C)(C)CN(CCO)c1ccc([N+](=O)[O-])cn1. The maximum Gasteiger partial charge on any atom is 0.287 e. The molecule has 1 aromatic rings. The molecule has 1 aromatic heterocycles. The molecule has 100 valence electrons. The van der Waals surface area contributed by atoms with Gasteiger partial charge in [0.1, 0.15) is 12.0 Å². The van der Waals surface area contributed by atoms with Gasteiger partial charge in [-0.05, 0) is 11.5 Å². The molecular formula is C12H19N3O3. The second-order valence-electron chi connectivity index (χ2n) is 5.34. The number of nitrogens with zero attached hydrogens (tertiary/aromatic N) is 3. The third kappa shape index (κ3) is 4.29. The smallest absolute Gasteiger partial charge is 0.287 e. The second kappa shape index (κ2) is 5.77. The first-order valence-electron chi connectivity index (χ1n) is 5.80. The molecule has 0 spiro atoms. The summed E-state index contributed by atoms with van der Waals surface area (Å²) in [5.41, 5.74) is 0.0250. The molecule has 0 radical (unpaired) electrons. The van der Waals surface area contributed by atoms with Crippen molar-refractivity contribution in [1.29, 1.82) is 0 Å². The van der Waals surface area contributed by atoms with Gasteiger partial charge < -0.3 is 10.0 Å². The van der Waals surface area contributed by atoms with E-state index < -0.39 is 4.92 Å². The molecule has 0 saturated heterocycles. The molecule has 0 aromatic carbocycles. The minimum absolute atomic E-state index is 0.0226. The molecule has 0 saturated carbocycles. The Morgan fingerprint density at radius 1 is 1.44 bits per heavy atom. The lowest BCUT2D eigenvalue weighted by Crippen LogP contribution is -2.35. The summed E-state index contributed by atoms with van der Waals surface area (Å²) in [6.45, 7) is 7.46. The summed E-state index contributed by atoms with van der Waals surface area (Å²) in [6, 6.07) is 3.04. The van der Waals surface area contributed by atoms with Crippen LogP contribution in [0.3, 0.4) is 0 Å². The molecule has 0 aliphatic rings. The van der Waals surface area contributed by atoms with Crippen molar-refractivity contribution in [3.8, 4) is 0 Å². The summed E-state index contributed by atoms with van der Waals surface area (Å²) in [6.07, 6.45) is 1.24. The number of aromatic nitrogens is 1. The number of hydrogen-bond acceptors (Lipinski definition) is 5. The quantitative estimate of drug-likeness (QED) is 0.639. The zero-order chi connectivity index (χ0) is 13.8. The fourth-order valence-electron chi connectivity index (χ4n) is 1.64. The van der Waals surface area contributed by atoms with E-state index in [1.54, 1.807) is 6.07 Å². The number of pyridine rings is 1. The van der Waals surface area contributed by atoms with Gasteiger partial charge in [0.05, 0.1) is 11.5 Å². The first kappa shape index (κ1) is 14.4. The number of anilines is 1. The monoisotopic (exact) mass is 253 g/mol. The Hall–Kier alpha value is -1.69. The predicted molar refractivity (Wildman–Crippen MR) is 69.6 cm³/mol. The van der Waals surface area contributed by atoms with Gasteiger partial charge in [-0.1, -0.05) is 20.8 Å². The van der Waals surface area contributed by atoms with E-state index in [0.717, 1.165) is 6.54 Å². The number of hydrogen-bond donors (Lipinski definition) is 1. The van der Waals surface area contributed by atoms with E-state index >= 15 is 0 Å². The van der Waals surface area contributed by atoms with Crippen LogP contribution in [0.1, 0.15) is 20.8 Å². The maximum atomic E-state index is 10.5. The molecular weight excluding hydrogens is 234 g/mol. The van der Waals surface area contributed by atoms with Crippen LogP contribution in [0.15, 0.2) is 18.3 Å². The van der Waals surface area contributed by atoms with Gasteiger partial charge in [0, 0.05) is 19.2 Å². The van der Waals surface area contributed by atoms with Crippen molar-refractivity contribution < 1.29 is 10.0 Å². The Kier molecular flexibility index (Phi) is 4.61. The van der Waals surface area contributed by atoms with Gasteiger partial charge >= 0.3 is 0 Å². The average Bonchev–Trinajstić information content (AvgIpc) is 2.27. The van der Waals surface area contributed by atoms with Crippen LogP contribution in [-0.2, 0) is 0 Å². The molecule has 6 nitrogen and oxygen atoms in total. The lowest BCUT2D eigenvalue weighted by Gasteiger charge is -2.30. The molecule has 1 heterocycles. The van der Waals surface area contributed by atoms with E-state index in [1.165, 1.54) is 12.3 Å². The highest BCUT2D eigenvalue weighted by molar-refractivity contribution is 5.43. The third-order valence-corrected chi connectivity index (χ3v) is 2.30. The largest absolute Gasteiger partial charge is 0.395 e. The van der Waals surface area contributed by atoms with Crippen molar-refractivity contribution in [2.75, 3.05) is 24.6 Å². The van der Waals surface area contributed by atoms with Crippen molar-refractivity contribution in [2.45, 2.75) is 20.8 Å². The fourth-order valence-corrected chi connectivity index (χ4v) is 1.64. The van der Waals surface area contributed by atoms with Crippen LogP contribution in [0.2, 0.25) is 0 Å². The highest BCUT2D eigenvalue weighted by Gasteiger charge is 2.18. The van der Waals surface area contributed by atoms with E-state index in [2.05, 4.69) is 25.8 Å². The van der Waals surface area contributed by atoms with Crippen LogP contribution in [-0.4, -0.2) is 34.7 Å². The summed E-state index contributed by atoms with van der Waals surface area (Å²) in [7, 11) is 0. The number of rotatable bonds is 5. The van der Waals surface area contributed by atoms with Gasteiger partial charge in [0.2, 0.25) is 0 Å². The summed E-state index contributed by atoms with van der Waals surface area (Å²) in [4.78, 5) is 16.1. The van der Waals surface area contributed by atoms with Crippen LogP contribution in [0.25, 0.3) is 0 Å². The number of nitro groups is 1. The number of aliphatic hydroxyl groups excluding tert-OH is 1. The van der Waals surface area contributed by atoms with Gasteiger partial charge in [-0.3, -0.25) is 10.1 Å². The second-order valence-corrected chi connectivity index (χ2v) is 5.34. The predicted octanol–water partition coefficient (Wildman–Crippen LogP) is 1.83. The van der Waals surface area contributed by atoms with Crippen LogP contribution >= 0.6 is 0 Å². The first-order valence-corrected chi connectivity index (χ1v) is 5.80. The van der Waals surface area contributed by atoms with E-state index in [1.807, 2.05) is 4.90 Å². The van der Waals surface area contributed by atoms with Crippen LogP contribution in [0, 0.1) is 15.5 Å². The standard InChI is InChI=1S/C12H19N3O3/c1-12(2,3)9-14(6-7-16)11-5-4-10(8-13-11)15(17)18/h4-5,8,16H,6-7,9H2,1-3H3. The third-order valence-electron chi connectivity index (χ3n) is 2.30. The molecule has 0 aliphatic heterocycles. The zero-order valence-electron chi connectivity index (χ0n) is 11.0. The maximum absolute atomic E-state index is 10.5. The topological polar surface area (TPSA) is 79.5 Å². The van der Waals surface area contributed by atoms with E-state index in [4.69, 9.17) is 5.11 Å². The molecule has 0 atom stereocenters. The summed E-state index contributed by atoms with van der Waals surface area (Å²) < 4.78 is 0. The van der Waals surface area contributed by atoms with Crippen molar-refractivity contribution in [3.05, 3.63) is 28.4 Å². The molecule has 0 bridgehead atoms. The Labute approximate surface area is 106 Å². The Morgan fingerprint density at radius 3 is 2.50 bits per heavy atom. The van der Waals surface area contributed by atoms with Gasteiger partial charge in [0.15, 0.2) is 0 Å². The zero-order valence-corrected chi connectivity index (χ0v) is 11.0. The molecule has 18 heavy (non-hydrogen) atoms. The lowest BCUT2D eigenvalue weighted by molar-refractivity contribution is -0.385. The van der Waals surface area contributed by atoms with Crippen LogP contribution in [0.4, 0.5) is 11.5 Å². The van der Waals surface area contributed by atoms with Crippen molar-refractivity contribution >= 4 is 11.5 Å². The van der Waals surface area contributed by atoms with Gasteiger partial charge in [-0.15, -0.1) is 0 Å². The Morgan fingerprint density at radius 2 is 2.11 bits per heavy atom. The van der Waals surface area contributed by atoms with Crippen LogP contribution < -0.4 is 4.90 Å². The normalized spacial score (nSPS) is 11.3. The molecule has 1 N–H and O–H groups in total. The van der Waals surface area contributed by atoms with Gasteiger partial charge in [-0.2, -0.15) is 0 Å². The minimum Gasteiger partial charge on any atom is -0.395 e.